The summed E-state index contributed by atoms with van der Waals surface area (Å²) in [7, 11) is 3.64. The quantitative estimate of drug-likeness (QED) is 0.201. The summed E-state index contributed by atoms with van der Waals surface area (Å²) in [5.74, 6) is 0.154. The molecule has 0 bridgehead atoms. The number of hydrogen-bond acceptors (Lipinski definition) is 7. The van der Waals surface area contributed by atoms with Crippen LogP contribution in [-0.2, 0) is 16.1 Å². The minimum atomic E-state index is -0.355. The van der Waals surface area contributed by atoms with Crippen LogP contribution < -0.4 is 15.4 Å². The fraction of sp³-hybridized carbons (Fsp3) is 0.371. The lowest BCUT2D eigenvalue weighted by atomic mass is 10.1. The number of benzene rings is 2. The van der Waals surface area contributed by atoms with Gasteiger partial charge in [0.25, 0.3) is 11.8 Å². The molecule has 2 N–H and O–H groups in total. The normalized spacial score (nSPS) is 13.5. The lowest BCUT2D eigenvalue weighted by Crippen LogP contribution is -2.47. The Morgan fingerprint density at radius 3 is 2.48 bits per heavy atom. The van der Waals surface area contributed by atoms with Gasteiger partial charge in [0.1, 0.15) is 12.1 Å². The van der Waals surface area contributed by atoms with Crippen LogP contribution in [0.1, 0.15) is 57.7 Å². The number of unbranched alkanes of at least 4 members (excludes halogenated alkanes) is 2. The van der Waals surface area contributed by atoms with E-state index >= 15 is 0 Å². The van der Waals surface area contributed by atoms with Gasteiger partial charge in [0, 0.05) is 62.7 Å². The molecule has 1 aliphatic rings. The van der Waals surface area contributed by atoms with E-state index < -0.39 is 0 Å². The fourth-order valence-corrected chi connectivity index (χ4v) is 5.43. The Kier molecular flexibility index (Phi) is 11.0. The van der Waals surface area contributed by atoms with Gasteiger partial charge in [-0.2, -0.15) is 0 Å². The van der Waals surface area contributed by atoms with E-state index in [-0.39, 0.29) is 24.3 Å². The molecule has 0 atom stereocenters. The molecule has 1 aliphatic heterocycles. The van der Waals surface area contributed by atoms with Crippen molar-refractivity contribution in [2.75, 3.05) is 57.6 Å². The first kappa shape index (κ1) is 32.6. The van der Waals surface area contributed by atoms with Crippen LogP contribution >= 0.6 is 0 Å². The number of methoxy groups -OCH3 is 1. The standard InChI is InChI=1S/C35H42N6O5/c1-25-11-13-29(31(21-25)46-20-8-4-5-10-32(42)40-18-16-39(2)17-19-40)38-34(43)26-12-14-28(27(22-26)23-45-3)37-35(44)33-30-9-6-7-15-41(30)24-36-33/h6-7,9,11-15,21-22,24H,4-5,8,10,16-20,23H2,1-3H3,(H,37,44)(H,38,43). The molecular formula is C35H42N6O5. The number of fused-ring (bicyclic) bond motifs is 1. The topological polar surface area (TPSA) is 118 Å². The van der Waals surface area contributed by atoms with Crippen molar-refractivity contribution in [1.82, 2.24) is 19.2 Å². The average Bonchev–Trinajstić information content (AvgIpc) is 3.49. The minimum Gasteiger partial charge on any atom is -0.491 e. The molecule has 3 amide bonds. The van der Waals surface area contributed by atoms with Gasteiger partial charge in [-0.15, -0.1) is 0 Å². The molecule has 3 heterocycles. The maximum Gasteiger partial charge on any atom is 0.276 e. The Hall–Kier alpha value is -4.74. The number of nitrogens with zero attached hydrogens (tertiary/aromatic N) is 4. The summed E-state index contributed by atoms with van der Waals surface area (Å²) in [6, 6.07) is 16.3. The first-order chi connectivity index (χ1) is 22.3. The largest absolute Gasteiger partial charge is 0.491 e. The van der Waals surface area contributed by atoms with Crippen LogP contribution in [0.3, 0.4) is 0 Å². The first-order valence-electron chi connectivity index (χ1n) is 15.7. The molecular weight excluding hydrogens is 584 g/mol. The summed E-state index contributed by atoms with van der Waals surface area (Å²) in [5, 5.41) is 5.89. The Balaban J connectivity index is 1.16. The summed E-state index contributed by atoms with van der Waals surface area (Å²) in [6.07, 6.45) is 6.49. The molecule has 0 saturated carbocycles. The number of rotatable bonds is 13. The molecule has 0 aliphatic carbocycles. The molecule has 0 unspecified atom stereocenters. The lowest BCUT2D eigenvalue weighted by Gasteiger charge is -2.32. The molecule has 11 nitrogen and oxygen atoms in total. The molecule has 4 aromatic rings. The van der Waals surface area contributed by atoms with Crippen molar-refractivity contribution in [2.24, 2.45) is 0 Å². The van der Waals surface area contributed by atoms with E-state index in [1.807, 2.05) is 54.4 Å². The van der Waals surface area contributed by atoms with Crippen molar-refractivity contribution in [2.45, 2.75) is 39.2 Å². The van der Waals surface area contributed by atoms with Crippen molar-refractivity contribution in [3.05, 3.63) is 89.5 Å². The zero-order valence-corrected chi connectivity index (χ0v) is 26.8. The van der Waals surface area contributed by atoms with E-state index in [1.165, 1.54) is 0 Å². The van der Waals surface area contributed by atoms with Crippen molar-refractivity contribution in [1.29, 1.82) is 0 Å². The van der Waals surface area contributed by atoms with Gasteiger partial charge in [0.15, 0.2) is 5.69 Å². The summed E-state index contributed by atoms with van der Waals surface area (Å²) in [6.45, 7) is 6.11. The van der Waals surface area contributed by atoms with Gasteiger partial charge in [-0.05, 0) is 81.3 Å². The summed E-state index contributed by atoms with van der Waals surface area (Å²) in [4.78, 5) is 47.4. The summed E-state index contributed by atoms with van der Waals surface area (Å²) < 4.78 is 13.2. The first-order valence-corrected chi connectivity index (χ1v) is 15.7. The van der Waals surface area contributed by atoms with Crippen LogP contribution in [0.25, 0.3) is 5.52 Å². The van der Waals surface area contributed by atoms with E-state index in [0.29, 0.717) is 52.5 Å². The van der Waals surface area contributed by atoms with Gasteiger partial charge >= 0.3 is 0 Å². The molecule has 2 aromatic carbocycles. The number of likely N-dealkylation sites (N-methyl/N-ethyl adjacent to an activating group) is 1. The number of piperazine rings is 1. The van der Waals surface area contributed by atoms with Crippen LogP contribution in [0.15, 0.2) is 67.1 Å². The van der Waals surface area contributed by atoms with Gasteiger partial charge in [-0.1, -0.05) is 12.1 Å². The monoisotopic (exact) mass is 626 g/mol. The number of pyridine rings is 1. The predicted molar refractivity (Wildman–Crippen MR) is 177 cm³/mol. The van der Waals surface area contributed by atoms with Crippen molar-refractivity contribution < 1.29 is 23.9 Å². The number of hydrogen-bond donors (Lipinski definition) is 2. The highest BCUT2D eigenvalue weighted by molar-refractivity contribution is 6.09. The number of imidazole rings is 1. The van der Waals surface area contributed by atoms with Gasteiger partial charge in [0.2, 0.25) is 5.91 Å². The van der Waals surface area contributed by atoms with Gasteiger partial charge in [0.05, 0.1) is 24.4 Å². The second kappa shape index (κ2) is 15.5. The number of amides is 3. The highest BCUT2D eigenvalue weighted by Gasteiger charge is 2.19. The average molecular weight is 627 g/mol. The number of nitrogens with one attached hydrogen (secondary N) is 2. The number of aromatic nitrogens is 2. The third kappa shape index (κ3) is 8.29. The molecule has 0 radical (unpaired) electrons. The van der Waals surface area contributed by atoms with Crippen molar-refractivity contribution in [3.8, 4) is 5.75 Å². The SMILES string of the molecule is COCc1cc(C(=O)Nc2ccc(C)cc2OCCCCCC(=O)N2CCN(C)CC2)ccc1NC(=O)c1ncn2ccccc12. The van der Waals surface area contributed by atoms with E-state index in [4.69, 9.17) is 9.47 Å². The van der Waals surface area contributed by atoms with Crippen molar-refractivity contribution in [3.63, 3.8) is 0 Å². The maximum atomic E-state index is 13.4. The maximum absolute atomic E-state index is 13.4. The third-order valence-corrected chi connectivity index (χ3v) is 8.11. The van der Waals surface area contributed by atoms with Gasteiger partial charge in [-0.3, -0.25) is 14.4 Å². The molecule has 1 saturated heterocycles. The minimum absolute atomic E-state index is 0.195. The Labute approximate surface area is 269 Å². The molecule has 5 rings (SSSR count). The van der Waals surface area contributed by atoms with Crippen LogP contribution in [0.5, 0.6) is 5.75 Å². The smallest absolute Gasteiger partial charge is 0.276 e. The molecule has 46 heavy (non-hydrogen) atoms. The third-order valence-electron chi connectivity index (χ3n) is 8.11. The van der Waals surface area contributed by atoms with Gasteiger partial charge in [-0.25, -0.2) is 4.98 Å². The number of anilines is 2. The molecule has 1 fully saturated rings. The lowest BCUT2D eigenvalue weighted by molar-refractivity contribution is -0.132. The summed E-state index contributed by atoms with van der Waals surface area (Å²) >= 11 is 0. The van der Waals surface area contributed by atoms with E-state index in [1.54, 1.807) is 36.0 Å². The van der Waals surface area contributed by atoms with E-state index in [0.717, 1.165) is 51.0 Å². The van der Waals surface area contributed by atoms with Crippen molar-refractivity contribution >= 4 is 34.6 Å². The van der Waals surface area contributed by atoms with Gasteiger partial charge < -0.3 is 34.3 Å². The van der Waals surface area contributed by atoms with Crippen LogP contribution in [-0.4, -0.2) is 83.8 Å². The van der Waals surface area contributed by atoms with Crippen LogP contribution in [0, 0.1) is 6.92 Å². The number of carbonyl (C=O) groups is 3. The number of carbonyl (C=O) groups excluding carboxylic acids is 3. The van der Waals surface area contributed by atoms with E-state index in [9.17, 15) is 14.4 Å². The second-order valence-electron chi connectivity index (χ2n) is 11.6. The van der Waals surface area contributed by atoms with Crippen LogP contribution in [0.4, 0.5) is 11.4 Å². The highest BCUT2D eigenvalue weighted by atomic mass is 16.5. The molecule has 0 spiro atoms. The number of ether oxygens (including phenoxy) is 2. The second-order valence-corrected chi connectivity index (χ2v) is 11.6. The number of aryl methyl sites for hydroxylation is 1. The molecule has 242 valence electrons. The van der Waals surface area contributed by atoms with Crippen LogP contribution in [0.2, 0.25) is 0 Å². The Morgan fingerprint density at radius 2 is 1.67 bits per heavy atom. The predicted octanol–water partition coefficient (Wildman–Crippen LogP) is 5.01. The van der Waals surface area contributed by atoms with E-state index in [2.05, 4.69) is 27.6 Å². The Morgan fingerprint density at radius 1 is 0.891 bits per heavy atom. The Bertz CT molecular complexity index is 1680. The zero-order valence-electron chi connectivity index (χ0n) is 26.8. The molecule has 2 aromatic heterocycles. The zero-order chi connectivity index (χ0) is 32.5. The summed E-state index contributed by atoms with van der Waals surface area (Å²) in [5.41, 5.74) is 4.17. The molecule has 11 heteroatoms. The highest BCUT2D eigenvalue weighted by Crippen LogP contribution is 2.28. The fourth-order valence-electron chi connectivity index (χ4n) is 5.43.